The maximum absolute atomic E-state index is 12.0. The van der Waals surface area contributed by atoms with Crippen LogP contribution in [0.3, 0.4) is 0 Å². The van der Waals surface area contributed by atoms with Crippen LogP contribution in [0.2, 0.25) is 10.0 Å². The molecule has 0 bridgehead atoms. The van der Waals surface area contributed by atoms with E-state index in [0.717, 1.165) is 12.3 Å². The minimum atomic E-state index is 0.180. The average molecular weight is 285 g/mol. The number of Topliss-reactive ketones (excluding diaryl/α,β-unsaturated/α-hetero) is 1. The summed E-state index contributed by atoms with van der Waals surface area (Å²) >= 11 is 11.8. The second kappa shape index (κ2) is 6.58. The predicted octanol–water partition coefficient (Wildman–Crippen LogP) is 5.54. The molecule has 0 amide bonds. The van der Waals surface area contributed by atoms with Crippen LogP contribution in [0.15, 0.2) is 18.2 Å². The molecule has 0 heterocycles. The Labute approximate surface area is 118 Å². The molecule has 2 rings (SSSR count). The molecule has 98 valence electrons. The first kappa shape index (κ1) is 13.9. The van der Waals surface area contributed by atoms with Crippen molar-refractivity contribution < 1.29 is 4.79 Å². The third-order valence-corrected chi connectivity index (χ3v) is 4.48. The van der Waals surface area contributed by atoms with E-state index >= 15 is 0 Å². The van der Waals surface area contributed by atoms with E-state index in [0.29, 0.717) is 22.0 Å². The number of rotatable bonds is 4. The van der Waals surface area contributed by atoms with Crippen LogP contribution in [-0.4, -0.2) is 5.78 Å². The van der Waals surface area contributed by atoms with Crippen molar-refractivity contribution in [1.29, 1.82) is 0 Å². The lowest BCUT2D eigenvalue weighted by Gasteiger charge is -2.20. The number of ketones is 1. The number of carbonyl (C=O) groups is 1. The first-order chi connectivity index (χ1) is 8.66. The van der Waals surface area contributed by atoms with Crippen LogP contribution in [0, 0.1) is 5.92 Å². The molecule has 0 saturated heterocycles. The summed E-state index contributed by atoms with van der Waals surface area (Å²) in [4.78, 5) is 12.0. The van der Waals surface area contributed by atoms with Crippen molar-refractivity contribution in [3.05, 3.63) is 33.8 Å². The van der Waals surface area contributed by atoms with Crippen LogP contribution >= 0.6 is 23.2 Å². The highest BCUT2D eigenvalue weighted by Crippen LogP contribution is 2.28. The molecule has 0 spiro atoms. The van der Waals surface area contributed by atoms with Gasteiger partial charge in [-0.25, -0.2) is 0 Å². The zero-order valence-electron chi connectivity index (χ0n) is 10.4. The second-order valence-corrected chi connectivity index (χ2v) is 5.91. The summed E-state index contributed by atoms with van der Waals surface area (Å²) in [6.07, 6.45) is 8.22. The molecular formula is C15H18Cl2O. The Morgan fingerprint density at radius 1 is 1.11 bits per heavy atom. The van der Waals surface area contributed by atoms with Gasteiger partial charge in [-0.1, -0.05) is 55.3 Å². The van der Waals surface area contributed by atoms with Crippen LogP contribution in [0.5, 0.6) is 0 Å². The predicted molar refractivity (Wildman–Crippen MR) is 76.6 cm³/mol. The fourth-order valence-electron chi connectivity index (χ4n) is 2.62. The number of benzene rings is 1. The molecule has 3 heteroatoms. The lowest BCUT2D eigenvalue weighted by molar-refractivity contribution is 0.0970. The van der Waals surface area contributed by atoms with Crippen LogP contribution < -0.4 is 0 Å². The summed E-state index contributed by atoms with van der Waals surface area (Å²) in [5.74, 6) is 0.921. The van der Waals surface area contributed by atoms with Crippen molar-refractivity contribution in [2.24, 2.45) is 5.92 Å². The maximum atomic E-state index is 12.0. The Morgan fingerprint density at radius 2 is 1.83 bits per heavy atom. The molecule has 1 aromatic carbocycles. The Bertz CT molecular complexity index is 423. The van der Waals surface area contributed by atoms with E-state index in [9.17, 15) is 4.79 Å². The molecule has 0 unspecified atom stereocenters. The van der Waals surface area contributed by atoms with Crippen molar-refractivity contribution in [3.8, 4) is 0 Å². The average Bonchev–Trinajstić information content (AvgIpc) is 2.40. The molecule has 1 aliphatic carbocycles. The van der Waals surface area contributed by atoms with E-state index in [1.54, 1.807) is 18.2 Å². The van der Waals surface area contributed by atoms with E-state index < -0.39 is 0 Å². The van der Waals surface area contributed by atoms with Crippen molar-refractivity contribution in [2.45, 2.75) is 44.9 Å². The Hall–Kier alpha value is -0.530. The van der Waals surface area contributed by atoms with Gasteiger partial charge in [-0.2, -0.15) is 0 Å². The molecule has 1 nitrogen and oxygen atoms in total. The van der Waals surface area contributed by atoms with Crippen LogP contribution in [0.25, 0.3) is 0 Å². The topological polar surface area (TPSA) is 17.1 Å². The van der Waals surface area contributed by atoms with Crippen LogP contribution in [0.4, 0.5) is 0 Å². The molecule has 1 aromatic rings. The normalized spacial score (nSPS) is 16.8. The maximum Gasteiger partial charge on any atom is 0.162 e. The highest BCUT2D eigenvalue weighted by atomic mass is 35.5. The minimum absolute atomic E-state index is 0.180. The summed E-state index contributed by atoms with van der Waals surface area (Å²) in [7, 11) is 0. The van der Waals surface area contributed by atoms with Crippen LogP contribution in [0.1, 0.15) is 55.3 Å². The van der Waals surface area contributed by atoms with E-state index in [-0.39, 0.29) is 5.78 Å². The largest absolute Gasteiger partial charge is 0.294 e. The van der Waals surface area contributed by atoms with Gasteiger partial charge in [0.15, 0.2) is 5.78 Å². The molecule has 0 aromatic heterocycles. The zero-order valence-corrected chi connectivity index (χ0v) is 11.9. The fraction of sp³-hybridized carbons (Fsp3) is 0.533. The summed E-state index contributed by atoms with van der Waals surface area (Å²) in [6, 6.07) is 5.13. The summed E-state index contributed by atoms with van der Waals surface area (Å²) in [5, 5.41) is 0.959. The molecule has 1 aliphatic rings. The molecule has 1 saturated carbocycles. The van der Waals surface area contributed by atoms with E-state index in [1.165, 1.54) is 32.1 Å². The summed E-state index contributed by atoms with van der Waals surface area (Å²) < 4.78 is 0. The summed E-state index contributed by atoms with van der Waals surface area (Å²) in [6.45, 7) is 0. The Balaban J connectivity index is 1.88. The minimum Gasteiger partial charge on any atom is -0.294 e. The van der Waals surface area contributed by atoms with Gasteiger partial charge in [0.1, 0.15) is 0 Å². The van der Waals surface area contributed by atoms with Gasteiger partial charge in [0, 0.05) is 12.0 Å². The van der Waals surface area contributed by atoms with Gasteiger partial charge in [-0.3, -0.25) is 4.79 Å². The number of halogens is 2. The highest BCUT2D eigenvalue weighted by molar-refractivity contribution is 6.42. The molecule has 0 N–H and O–H groups in total. The van der Waals surface area contributed by atoms with Crippen molar-refractivity contribution in [2.75, 3.05) is 0 Å². The fourth-order valence-corrected chi connectivity index (χ4v) is 2.92. The number of carbonyl (C=O) groups excluding carboxylic acids is 1. The monoisotopic (exact) mass is 284 g/mol. The van der Waals surface area contributed by atoms with Gasteiger partial charge < -0.3 is 0 Å². The standard InChI is InChI=1S/C15H18Cl2O/c16-13-8-7-12(10-14(13)17)15(18)9-6-11-4-2-1-3-5-11/h7-8,10-11H,1-6,9H2. The summed E-state index contributed by atoms with van der Waals surface area (Å²) in [5.41, 5.74) is 0.681. The third-order valence-electron chi connectivity index (χ3n) is 3.75. The van der Waals surface area contributed by atoms with Crippen molar-refractivity contribution in [1.82, 2.24) is 0 Å². The van der Waals surface area contributed by atoms with Gasteiger partial charge in [0.05, 0.1) is 10.0 Å². The highest BCUT2D eigenvalue weighted by Gasteiger charge is 2.15. The van der Waals surface area contributed by atoms with E-state index in [2.05, 4.69) is 0 Å². The molecular weight excluding hydrogens is 267 g/mol. The third kappa shape index (κ3) is 3.73. The van der Waals surface area contributed by atoms with Crippen molar-refractivity contribution >= 4 is 29.0 Å². The van der Waals surface area contributed by atoms with Crippen molar-refractivity contribution in [3.63, 3.8) is 0 Å². The van der Waals surface area contributed by atoms with Gasteiger partial charge in [0.2, 0.25) is 0 Å². The van der Waals surface area contributed by atoms with Gasteiger partial charge in [-0.15, -0.1) is 0 Å². The van der Waals surface area contributed by atoms with E-state index in [4.69, 9.17) is 23.2 Å². The lowest BCUT2D eigenvalue weighted by atomic mass is 9.85. The Morgan fingerprint density at radius 3 is 2.50 bits per heavy atom. The Kier molecular flexibility index (Phi) is 5.08. The quantitative estimate of drug-likeness (QED) is 0.664. The zero-order chi connectivity index (χ0) is 13.0. The molecule has 0 atom stereocenters. The van der Waals surface area contributed by atoms with Gasteiger partial charge in [-0.05, 0) is 30.5 Å². The smallest absolute Gasteiger partial charge is 0.162 e. The molecule has 0 radical (unpaired) electrons. The molecule has 0 aliphatic heterocycles. The molecule has 18 heavy (non-hydrogen) atoms. The SMILES string of the molecule is O=C(CCC1CCCCC1)c1ccc(Cl)c(Cl)c1. The van der Waals surface area contributed by atoms with Gasteiger partial charge in [0.25, 0.3) is 0 Å². The lowest BCUT2D eigenvalue weighted by Crippen LogP contribution is -2.09. The van der Waals surface area contributed by atoms with E-state index in [1.807, 2.05) is 0 Å². The number of hydrogen-bond acceptors (Lipinski definition) is 1. The van der Waals surface area contributed by atoms with Crippen LogP contribution in [-0.2, 0) is 0 Å². The number of hydrogen-bond donors (Lipinski definition) is 0. The van der Waals surface area contributed by atoms with Gasteiger partial charge >= 0.3 is 0 Å². The first-order valence-corrected chi connectivity index (χ1v) is 7.40. The first-order valence-electron chi connectivity index (χ1n) is 6.65. The molecule has 1 fully saturated rings. The second-order valence-electron chi connectivity index (χ2n) is 5.09.